The standard InChI is InChI=1S/C15H22N2O3/c1-4-11-8-7-9-12(5-2)14(11)17-15(19)16-10-13(18)20-6-3/h7-9H,4-6,10H2,1-3H3,(H2,16,17,19). The van der Waals surface area contributed by atoms with E-state index in [-0.39, 0.29) is 6.54 Å². The Kier molecular flexibility index (Phi) is 6.56. The van der Waals surface area contributed by atoms with E-state index in [1.807, 2.05) is 32.0 Å². The highest BCUT2D eigenvalue weighted by Gasteiger charge is 2.11. The van der Waals surface area contributed by atoms with Gasteiger partial charge in [0.2, 0.25) is 0 Å². The van der Waals surface area contributed by atoms with Gasteiger partial charge in [-0.25, -0.2) is 4.79 Å². The predicted octanol–water partition coefficient (Wildman–Crippen LogP) is 2.50. The maximum Gasteiger partial charge on any atom is 0.325 e. The van der Waals surface area contributed by atoms with Crippen molar-refractivity contribution in [2.75, 3.05) is 18.5 Å². The molecule has 0 fully saturated rings. The van der Waals surface area contributed by atoms with E-state index in [1.54, 1.807) is 6.92 Å². The molecule has 1 aromatic rings. The van der Waals surface area contributed by atoms with Crippen LogP contribution in [0, 0.1) is 0 Å². The Labute approximate surface area is 119 Å². The van der Waals surface area contributed by atoms with Crippen LogP contribution in [0.5, 0.6) is 0 Å². The molecule has 110 valence electrons. The first-order valence-corrected chi connectivity index (χ1v) is 6.93. The maximum absolute atomic E-state index is 11.8. The molecule has 5 heteroatoms. The van der Waals surface area contributed by atoms with E-state index in [4.69, 9.17) is 4.74 Å². The molecule has 0 aromatic heterocycles. The molecule has 0 aliphatic carbocycles. The zero-order valence-corrected chi connectivity index (χ0v) is 12.3. The number of urea groups is 1. The molecule has 0 spiro atoms. The molecule has 2 amide bonds. The zero-order chi connectivity index (χ0) is 15.0. The van der Waals surface area contributed by atoms with Gasteiger partial charge in [0.1, 0.15) is 6.54 Å². The number of benzene rings is 1. The lowest BCUT2D eigenvalue weighted by atomic mass is 10.0. The molecule has 0 saturated heterocycles. The van der Waals surface area contributed by atoms with Crippen LogP contribution in [-0.2, 0) is 22.4 Å². The van der Waals surface area contributed by atoms with E-state index in [0.29, 0.717) is 6.61 Å². The molecule has 0 radical (unpaired) electrons. The second kappa shape index (κ2) is 8.19. The third-order valence-corrected chi connectivity index (χ3v) is 2.94. The molecular weight excluding hydrogens is 256 g/mol. The summed E-state index contributed by atoms with van der Waals surface area (Å²) in [5.74, 6) is -0.442. The number of carbonyl (C=O) groups excluding carboxylic acids is 2. The van der Waals surface area contributed by atoms with Gasteiger partial charge in [0.25, 0.3) is 0 Å². The molecule has 0 saturated carbocycles. The average Bonchev–Trinajstić information content (AvgIpc) is 2.45. The van der Waals surface area contributed by atoms with Gasteiger partial charge in [0, 0.05) is 5.69 Å². The molecule has 20 heavy (non-hydrogen) atoms. The van der Waals surface area contributed by atoms with Crippen molar-refractivity contribution in [1.82, 2.24) is 5.32 Å². The highest BCUT2D eigenvalue weighted by Crippen LogP contribution is 2.22. The van der Waals surface area contributed by atoms with Gasteiger partial charge in [0.05, 0.1) is 6.61 Å². The Balaban J connectivity index is 2.68. The number of hydrogen-bond acceptors (Lipinski definition) is 3. The van der Waals surface area contributed by atoms with Crippen LogP contribution < -0.4 is 10.6 Å². The van der Waals surface area contributed by atoms with Crippen LogP contribution in [0.25, 0.3) is 0 Å². The fourth-order valence-corrected chi connectivity index (χ4v) is 1.93. The molecule has 0 bridgehead atoms. The van der Waals surface area contributed by atoms with Crippen LogP contribution in [0.2, 0.25) is 0 Å². The number of rotatable bonds is 6. The monoisotopic (exact) mass is 278 g/mol. The number of aryl methyl sites for hydroxylation is 2. The Hall–Kier alpha value is -2.04. The number of esters is 1. The molecular formula is C15H22N2O3. The van der Waals surface area contributed by atoms with Gasteiger partial charge in [-0.2, -0.15) is 0 Å². The van der Waals surface area contributed by atoms with Crippen molar-refractivity contribution >= 4 is 17.7 Å². The molecule has 1 aromatic carbocycles. The predicted molar refractivity (Wildman–Crippen MR) is 78.9 cm³/mol. The number of amides is 2. The number of carbonyl (C=O) groups is 2. The number of hydrogen-bond donors (Lipinski definition) is 2. The van der Waals surface area contributed by atoms with E-state index in [1.165, 1.54) is 0 Å². The third-order valence-electron chi connectivity index (χ3n) is 2.94. The maximum atomic E-state index is 11.8. The summed E-state index contributed by atoms with van der Waals surface area (Å²) < 4.78 is 4.75. The van der Waals surface area contributed by atoms with E-state index in [9.17, 15) is 9.59 Å². The minimum absolute atomic E-state index is 0.130. The summed E-state index contributed by atoms with van der Waals surface area (Å²) in [5.41, 5.74) is 2.99. The Morgan fingerprint density at radius 2 is 1.70 bits per heavy atom. The lowest BCUT2D eigenvalue weighted by Gasteiger charge is -2.14. The topological polar surface area (TPSA) is 67.4 Å². The van der Waals surface area contributed by atoms with Gasteiger partial charge < -0.3 is 15.4 Å². The Morgan fingerprint density at radius 3 is 2.20 bits per heavy atom. The quantitative estimate of drug-likeness (QED) is 0.786. The summed E-state index contributed by atoms with van der Waals surface area (Å²) in [6, 6.07) is 5.56. The van der Waals surface area contributed by atoms with Crippen molar-refractivity contribution in [2.45, 2.75) is 33.6 Å². The van der Waals surface area contributed by atoms with Crippen molar-refractivity contribution in [3.63, 3.8) is 0 Å². The summed E-state index contributed by atoms with van der Waals surface area (Å²) in [4.78, 5) is 23.0. The van der Waals surface area contributed by atoms with E-state index in [2.05, 4.69) is 10.6 Å². The summed E-state index contributed by atoms with van der Waals surface area (Å²) in [7, 11) is 0. The van der Waals surface area contributed by atoms with Crippen LogP contribution >= 0.6 is 0 Å². The van der Waals surface area contributed by atoms with Gasteiger partial charge >= 0.3 is 12.0 Å². The molecule has 0 atom stereocenters. The number of para-hydroxylation sites is 1. The van der Waals surface area contributed by atoms with Crippen molar-refractivity contribution < 1.29 is 14.3 Å². The van der Waals surface area contributed by atoms with E-state index < -0.39 is 12.0 Å². The summed E-state index contributed by atoms with van der Waals surface area (Å²) >= 11 is 0. The SMILES string of the molecule is CCOC(=O)CNC(=O)Nc1c(CC)cccc1CC. The van der Waals surface area contributed by atoms with Crippen molar-refractivity contribution in [2.24, 2.45) is 0 Å². The van der Waals surface area contributed by atoms with Gasteiger partial charge in [-0.1, -0.05) is 32.0 Å². The number of ether oxygens (including phenoxy) is 1. The molecule has 1 rings (SSSR count). The molecule has 0 aliphatic rings. The first-order valence-electron chi connectivity index (χ1n) is 6.93. The fourth-order valence-electron chi connectivity index (χ4n) is 1.93. The largest absolute Gasteiger partial charge is 0.465 e. The van der Waals surface area contributed by atoms with Crippen molar-refractivity contribution in [3.05, 3.63) is 29.3 Å². The van der Waals surface area contributed by atoms with E-state index in [0.717, 1.165) is 29.7 Å². The Morgan fingerprint density at radius 1 is 1.10 bits per heavy atom. The van der Waals surface area contributed by atoms with Crippen LogP contribution in [-0.4, -0.2) is 25.2 Å². The van der Waals surface area contributed by atoms with Crippen molar-refractivity contribution in [3.8, 4) is 0 Å². The molecule has 0 unspecified atom stereocenters. The molecule has 0 aliphatic heterocycles. The second-order valence-corrected chi connectivity index (χ2v) is 4.27. The van der Waals surface area contributed by atoms with Gasteiger partial charge in [0.15, 0.2) is 0 Å². The van der Waals surface area contributed by atoms with Crippen LogP contribution in [0.1, 0.15) is 31.9 Å². The Bertz CT molecular complexity index is 450. The molecule has 0 heterocycles. The molecule has 5 nitrogen and oxygen atoms in total. The lowest BCUT2D eigenvalue weighted by Crippen LogP contribution is -2.34. The fraction of sp³-hybridized carbons (Fsp3) is 0.467. The number of nitrogens with one attached hydrogen (secondary N) is 2. The third kappa shape index (κ3) is 4.57. The van der Waals surface area contributed by atoms with Crippen LogP contribution in [0.3, 0.4) is 0 Å². The smallest absolute Gasteiger partial charge is 0.325 e. The van der Waals surface area contributed by atoms with Gasteiger partial charge in [-0.15, -0.1) is 0 Å². The van der Waals surface area contributed by atoms with Crippen LogP contribution in [0.15, 0.2) is 18.2 Å². The lowest BCUT2D eigenvalue weighted by molar-refractivity contribution is -0.141. The second-order valence-electron chi connectivity index (χ2n) is 4.27. The summed E-state index contributed by atoms with van der Waals surface area (Å²) in [6.07, 6.45) is 1.67. The van der Waals surface area contributed by atoms with E-state index >= 15 is 0 Å². The first kappa shape index (κ1) is 16.0. The minimum atomic E-state index is -0.442. The first-order chi connectivity index (χ1) is 9.62. The number of anilines is 1. The normalized spacial score (nSPS) is 9.95. The van der Waals surface area contributed by atoms with Gasteiger partial charge in [-0.05, 0) is 30.9 Å². The molecule has 2 N–H and O–H groups in total. The average molecular weight is 278 g/mol. The summed E-state index contributed by atoms with van der Waals surface area (Å²) in [6.45, 7) is 5.98. The minimum Gasteiger partial charge on any atom is -0.465 e. The van der Waals surface area contributed by atoms with Crippen molar-refractivity contribution in [1.29, 1.82) is 0 Å². The summed E-state index contributed by atoms with van der Waals surface area (Å²) in [5, 5.41) is 5.31. The highest BCUT2D eigenvalue weighted by molar-refractivity contribution is 5.93. The van der Waals surface area contributed by atoms with Crippen LogP contribution in [0.4, 0.5) is 10.5 Å². The zero-order valence-electron chi connectivity index (χ0n) is 12.3. The highest BCUT2D eigenvalue weighted by atomic mass is 16.5. The van der Waals surface area contributed by atoms with Gasteiger partial charge in [-0.3, -0.25) is 4.79 Å².